The second-order valence-electron chi connectivity index (χ2n) is 8.37. The normalized spacial score (nSPS) is 12.2. The second kappa shape index (κ2) is 9.70. The number of hydrogen-bond donors (Lipinski definition) is 1. The molecule has 0 spiro atoms. The summed E-state index contributed by atoms with van der Waals surface area (Å²) in [4.78, 5) is 16.9. The fourth-order valence-corrected chi connectivity index (χ4v) is 3.81. The minimum atomic E-state index is -5.04. The molecule has 7 nitrogen and oxygen atoms in total. The van der Waals surface area contributed by atoms with Crippen molar-refractivity contribution in [2.24, 2.45) is 0 Å². The van der Waals surface area contributed by atoms with E-state index in [1.807, 2.05) is 0 Å². The highest BCUT2D eigenvalue weighted by Crippen LogP contribution is 2.38. The topological polar surface area (TPSA) is 98.6 Å². The van der Waals surface area contributed by atoms with E-state index in [2.05, 4.69) is 10.1 Å². The van der Waals surface area contributed by atoms with Crippen LogP contribution < -0.4 is 10.2 Å². The summed E-state index contributed by atoms with van der Waals surface area (Å²) in [5.41, 5.74) is -3.85. The molecule has 2 aromatic heterocycles. The molecule has 5 aromatic rings. The molecule has 40 heavy (non-hydrogen) atoms. The number of alkyl halides is 6. The summed E-state index contributed by atoms with van der Waals surface area (Å²) < 4.78 is 109. The monoisotopic (exact) mass is 566 g/mol. The van der Waals surface area contributed by atoms with Gasteiger partial charge < -0.3 is 18.8 Å². The summed E-state index contributed by atoms with van der Waals surface area (Å²) in [6.07, 6.45) is -9.86. The van der Waals surface area contributed by atoms with Gasteiger partial charge in [-0.2, -0.15) is 31.3 Å². The molecule has 0 radical (unpaired) electrons. The Balaban J connectivity index is 1.43. The van der Waals surface area contributed by atoms with E-state index in [0.29, 0.717) is 12.1 Å². The molecule has 0 bridgehead atoms. The SMILES string of the molecule is O=c1c(-c2ccc(O)cc2)c(C(F)(F)F)oc2cc(OCc3noc(-c4cc(F)cc(C(F)(F)F)c4)n3)ccc12. The molecule has 0 fully saturated rings. The predicted molar refractivity (Wildman–Crippen MR) is 124 cm³/mol. The first kappa shape index (κ1) is 26.7. The van der Waals surface area contributed by atoms with Crippen LogP contribution in [0, 0.1) is 5.82 Å². The van der Waals surface area contributed by atoms with Crippen LogP contribution in [0.15, 0.2) is 74.4 Å². The van der Waals surface area contributed by atoms with Crippen LogP contribution in [0.4, 0.5) is 30.7 Å². The number of fused-ring (bicyclic) bond motifs is 1. The highest BCUT2D eigenvalue weighted by molar-refractivity contribution is 5.84. The largest absolute Gasteiger partial charge is 0.508 e. The quantitative estimate of drug-likeness (QED) is 0.230. The molecule has 2 heterocycles. The fourth-order valence-electron chi connectivity index (χ4n) is 3.81. The van der Waals surface area contributed by atoms with Gasteiger partial charge in [0.05, 0.1) is 16.5 Å². The molecule has 0 atom stereocenters. The highest BCUT2D eigenvalue weighted by Gasteiger charge is 2.39. The molecule has 0 saturated heterocycles. The number of rotatable bonds is 5. The van der Waals surface area contributed by atoms with Gasteiger partial charge in [0.15, 0.2) is 6.61 Å². The lowest BCUT2D eigenvalue weighted by Gasteiger charge is -2.13. The van der Waals surface area contributed by atoms with Gasteiger partial charge in [0.25, 0.3) is 5.89 Å². The summed E-state index contributed by atoms with van der Waals surface area (Å²) in [5.74, 6) is -3.59. The van der Waals surface area contributed by atoms with E-state index in [4.69, 9.17) is 13.7 Å². The third-order valence-corrected chi connectivity index (χ3v) is 5.59. The second-order valence-corrected chi connectivity index (χ2v) is 8.37. The number of benzene rings is 3. The average Bonchev–Trinajstić information content (AvgIpc) is 3.36. The van der Waals surface area contributed by atoms with Gasteiger partial charge in [-0.05, 0) is 48.0 Å². The molecule has 0 saturated carbocycles. The molecule has 0 amide bonds. The maximum atomic E-state index is 13.8. The Bertz CT molecular complexity index is 1770. The molecule has 0 aliphatic heterocycles. The van der Waals surface area contributed by atoms with Crippen LogP contribution in [0.3, 0.4) is 0 Å². The van der Waals surface area contributed by atoms with Crippen molar-refractivity contribution < 1.29 is 49.5 Å². The third kappa shape index (κ3) is 5.32. The molecule has 206 valence electrons. The van der Waals surface area contributed by atoms with Crippen molar-refractivity contribution >= 4 is 11.0 Å². The lowest BCUT2D eigenvalue weighted by atomic mass is 10.0. The zero-order chi connectivity index (χ0) is 28.8. The minimum absolute atomic E-state index is 0.0578. The maximum absolute atomic E-state index is 13.8. The molecule has 3 aromatic carbocycles. The predicted octanol–water partition coefficient (Wildman–Crippen LogP) is 6.97. The molecule has 5 rings (SSSR count). The lowest BCUT2D eigenvalue weighted by Crippen LogP contribution is -2.16. The zero-order valence-electron chi connectivity index (χ0n) is 19.6. The van der Waals surface area contributed by atoms with Crippen LogP contribution >= 0.6 is 0 Å². The van der Waals surface area contributed by atoms with Gasteiger partial charge in [0.2, 0.25) is 17.0 Å². The molecule has 1 N–H and O–H groups in total. The van der Waals surface area contributed by atoms with Gasteiger partial charge in [-0.3, -0.25) is 4.79 Å². The van der Waals surface area contributed by atoms with E-state index < -0.39 is 58.6 Å². The number of phenols is 1. The fraction of sp³-hybridized carbons (Fsp3) is 0.115. The van der Waals surface area contributed by atoms with E-state index in [-0.39, 0.29) is 33.8 Å². The van der Waals surface area contributed by atoms with E-state index in [9.17, 15) is 40.6 Å². The van der Waals surface area contributed by atoms with Crippen LogP contribution in [0.1, 0.15) is 17.1 Å². The summed E-state index contributed by atoms with van der Waals surface area (Å²) >= 11 is 0. The van der Waals surface area contributed by atoms with Crippen molar-refractivity contribution in [1.29, 1.82) is 0 Å². The number of halogens is 7. The molecular formula is C26H13F7N2O5. The Labute approximate surface area is 218 Å². The first-order valence-corrected chi connectivity index (χ1v) is 11.1. The van der Waals surface area contributed by atoms with Gasteiger partial charge in [0.1, 0.15) is 22.9 Å². The van der Waals surface area contributed by atoms with Gasteiger partial charge >= 0.3 is 12.4 Å². The van der Waals surface area contributed by atoms with E-state index >= 15 is 0 Å². The summed E-state index contributed by atoms with van der Waals surface area (Å²) in [7, 11) is 0. The Morgan fingerprint density at radius 3 is 2.27 bits per heavy atom. The van der Waals surface area contributed by atoms with E-state index in [1.54, 1.807) is 0 Å². The number of phenolic OH excluding ortho intramolecular Hbond substituents is 1. The van der Waals surface area contributed by atoms with Crippen LogP contribution in [0.2, 0.25) is 0 Å². The number of aromatic nitrogens is 2. The number of hydrogen-bond acceptors (Lipinski definition) is 7. The van der Waals surface area contributed by atoms with E-state index in [0.717, 1.165) is 36.4 Å². The lowest BCUT2D eigenvalue weighted by molar-refractivity contribution is -0.152. The number of aromatic hydroxyl groups is 1. The smallest absolute Gasteiger partial charge is 0.450 e. The summed E-state index contributed by atoms with van der Waals surface area (Å²) in [5, 5.41) is 12.8. The van der Waals surface area contributed by atoms with Crippen molar-refractivity contribution in [3.63, 3.8) is 0 Å². The average molecular weight is 566 g/mol. The zero-order valence-corrected chi connectivity index (χ0v) is 19.6. The van der Waals surface area contributed by atoms with Crippen LogP contribution in [-0.4, -0.2) is 15.2 Å². The first-order chi connectivity index (χ1) is 18.8. The minimum Gasteiger partial charge on any atom is -0.508 e. The number of ether oxygens (including phenoxy) is 1. The molecule has 0 unspecified atom stereocenters. The van der Waals surface area contributed by atoms with Crippen molar-refractivity contribution in [3.05, 3.63) is 93.9 Å². The van der Waals surface area contributed by atoms with Crippen molar-refractivity contribution in [2.75, 3.05) is 0 Å². The first-order valence-electron chi connectivity index (χ1n) is 11.1. The van der Waals surface area contributed by atoms with E-state index in [1.165, 1.54) is 12.1 Å². The van der Waals surface area contributed by atoms with Gasteiger partial charge in [-0.15, -0.1) is 0 Å². The Kier molecular flexibility index (Phi) is 6.48. The van der Waals surface area contributed by atoms with Crippen molar-refractivity contribution in [1.82, 2.24) is 10.1 Å². The van der Waals surface area contributed by atoms with Gasteiger partial charge in [0, 0.05) is 11.6 Å². The van der Waals surface area contributed by atoms with Gasteiger partial charge in [-0.25, -0.2) is 4.39 Å². The van der Waals surface area contributed by atoms with Crippen LogP contribution in [0.5, 0.6) is 11.5 Å². The summed E-state index contributed by atoms with van der Waals surface area (Å²) in [6, 6.07) is 9.74. The Morgan fingerprint density at radius 1 is 0.875 bits per heavy atom. The number of nitrogens with zero attached hydrogens (tertiary/aromatic N) is 2. The molecule has 0 aliphatic rings. The Hall–Kier alpha value is -4.88. The Morgan fingerprint density at radius 2 is 1.60 bits per heavy atom. The standard InChI is InChI=1S/C26H13F7N2O5/c27-15-8-13(7-14(9-15)25(28,29)30)24-34-20(35-40-24)11-38-17-5-6-18-19(10-17)39-23(26(31,32)33)21(22(18)37)12-1-3-16(36)4-2-12/h1-10,36H,11H2. The maximum Gasteiger partial charge on any atom is 0.450 e. The van der Waals surface area contributed by atoms with Gasteiger partial charge in [-0.1, -0.05) is 17.3 Å². The molecule has 0 aliphatic carbocycles. The van der Waals surface area contributed by atoms with Crippen LogP contribution in [0.25, 0.3) is 33.6 Å². The third-order valence-electron chi connectivity index (χ3n) is 5.59. The summed E-state index contributed by atoms with van der Waals surface area (Å²) in [6.45, 7) is -0.446. The van der Waals surface area contributed by atoms with Crippen molar-refractivity contribution in [2.45, 2.75) is 19.0 Å². The highest BCUT2D eigenvalue weighted by atomic mass is 19.4. The molecular weight excluding hydrogens is 553 g/mol. The molecule has 14 heteroatoms. The van der Waals surface area contributed by atoms with Crippen LogP contribution in [-0.2, 0) is 19.0 Å². The van der Waals surface area contributed by atoms with Crippen molar-refractivity contribution in [3.8, 4) is 34.1 Å².